The maximum Gasteiger partial charge on any atom is 0.256 e. The topological polar surface area (TPSA) is 47.6 Å². The van der Waals surface area contributed by atoms with Crippen LogP contribution in [-0.2, 0) is 4.79 Å². The van der Waals surface area contributed by atoms with Gasteiger partial charge in [-0.3, -0.25) is 4.79 Å². The number of fused-ring (bicyclic) bond motifs is 1. The standard InChI is InChI=1S/C17H13Br2NO3/c1-22-13-8-9(14(18)15(19)16(13)23-2)7-11-10-5-3-4-6-12(10)20-17(11)21/h3-8H,1-2H3,(H,20,21)/b11-7+. The van der Waals surface area contributed by atoms with Gasteiger partial charge >= 0.3 is 0 Å². The first kappa shape index (κ1) is 16.1. The van der Waals surface area contributed by atoms with E-state index in [4.69, 9.17) is 9.47 Å². The van der Waals surface area contributed by atoms with Crippen molar-refractivity contribution in [3.63, 3.8) is 0 Å². The molecule has 0 bridgehead atoms. The predicted octanol–water partition coefficient (Wildman–Crippen LogP) is 4.72. The largest absolute Gasteiger partial charge is 0.493 e. The van der Waals surface area contributed by atoms with Gasteiger partial charge in [-0.05, 0) is 55.6 Å². The van der Waals surface area contributed by atoms with Gasteiger partial charge < -0.3 is 14.8 Å². The minimum Gasteiger partial charge on any atom is -0.493 e. The van der Waals surface area contributed by atoms with Gasteiger partial charge in [-0.1, -0.05) is 18.2 Å². The van der Waals surface area contributed by atoms with E-state index in [0.29, 0.717) is 17.1 Å². The van der Waals surface area contributed by atoms with E-state index in [9.17, 15) is 4.79 Å². The lowest BCUT2D eigenvalue weighted by atomic mass is 10.0. The van der Waals surface area contributed by atoms with Gasteiger partial charge in [0.1, 0.15) is 0 Å². The van der Waals surface area contributed by atoms with Crippen molar-refractivity contribution in [2.45, 2.75) is 0 Å². The predicted molar refractivity (Wildman–Crippen MR) is 97.9 cm³/mol. The van der Waals surface area contributed by atoms with E-state index in [-0.39, 0.29) is 5.91 Å². The molecule has 1 aliphatic heterocycles. The second kappa shape index (κ2) is 6.37. The van der Waals surface area contributed by atoms with Crippen LogP contribution in [0.2, 0.25) is 0 Å². The average molecular weight is 439 g/mol. The summed E-state index contributed by atoms with van der Waals surface area (Å²) in [5.74, 6) is 1.06. The monoisotopic (exact) mass is 437 g/mol. The van der Waals surface area contributed by atoms with Gasteiger partial charge in [-0.15, -0.1) is 0 Å². The van der Waals surface area contributed by atoms with E-state index < -0.39 is 0 Å². The van der Waals surface area contributed by atoms with Crippen LogP contribution in [0, 0.1) is 0 Å². The molecule has 118 valence electrons. The van der Waals surface area contributed by atoms with Crippen molar-refractivity contribution >= 4 is 55.1 Å². The van der Waals surface area contributed by atoms with Gasteiger partial charge in [0.15, 0.2) is 11.5 Å². The number of anilines is 1. The molecular weight excluding hydrogens is 426 g/mol. The molecule has 0 atom stereocenters. The van der Waals surface area contributed by atoms with Gasteiger partial charge in [0.2, 0.25) is 0 Å². The number of carbonyl (C=O) groups is 1. The summed E-state index contributed by atoms with van der Waals surface area (Å²) in [7, 11) is 3.15. The third-order valence-electron chi connectivity index (χ3n) is 3.59. The number of halogens is 2. The quantitative estimate of drug-likeness (QED) is 0.705. The summed E-state index contributed by atoms with van der Waals surface area (Å²) in [5, 5.41) is 2.86. The second-order valence-electron chi connectivity index (χ2n) is 4.89. The third-order valence-corrected chi connectivity index (χ3v) is 5.73. The molecule has 0 unspecified atom stereocenters. The summed E-state index contributed by atoms with van der Waals surface area (Å²) < 4.78 is 12.2. The molecule has 23 heavy (non-hydrogen) atoms. The van der Waals surface area contributed by atoms with Gasteiger partial charge in [-0.25, -0.2) is 0 Å². The van der Waals surface area contributed by atoms with Crippen molar-refractivity contribution in [3.8, 4) is 11.5 Å². The van der Waals surface area contributed by atoms with Crippen LogP contribution in [0.25, 0.3) is 11.6 Å². The van der Waals surface area contributed by atoms with E-state index in [1.54, 1.807) is 14.2 Å². The summed E-state index contributed by atoms with van der Waals surface area (Å²) in [6.45, 7) is 0. The molecule has 0 spiro atoms. The number of carbonyl (C=O) groups excluding carboxylic acids is 1. The highest BCUT2D eigenvalue weighted by molar-refractivity contribution is 9.13. The molecule has 0 radical (unpaired) electrons. The van der Waals surface area contributed by atoms with Crippen LogP contribution < -0.4 is 14.8 Å². The Morgan fingerprint density at radius 3 is 2.52 bits per heavy atom. The summed E-state index contributed by atoms with van der Waals surface area (Å²) >= 11 is 7.04. The number of rotatable bonds is 3. The first-order valence-corrected chi connectivity index (χ1v) is 8.37. The lowest BCUT2D eigenvalue weighted by molar-refractivity contribution is -0.110. The number of nitrogens with one attached hydrogen (secondary N) is 1. The number of methoxy groups -OCH3 is 2. The van der Waals surface area contributed by atoms with Gasteiger partial charge in [0.25, 0.3) is 5.91 Å². The molecule has 0 saturated heterocycles. The molecule has 0 saturated carbocycles. The molecule has 1 heterocycles. The van der Waals surface area contributed by atoms with Gasteiger partial charge in [0.05, 0.1) is 18.7 Å². The summed E-state index contributed by atoms with van der Waals surface area (Å²) in [5.41, 5.74) is 3.13. The molecule has 6 heteroatoms. The molecule has 1 N–H and O–H groups in total. The lowest BCUT2D eigenvalue weighted by Gasteiger charge is -2.13. The maximum atomic E-state index is 12.2. The molecular formula is C17H13Br2NO3. The zero-order valence-electron chi connectivity index (χ0n) is 12.4. The van der Waals surface area contributed by atoms with Crippen molar-refractivity contribution in [1.29, 1.82) is 0 Å². The molecule has 0 fully saturated rings. The van der Waals surface area contributed by atoms with Crippen molar-refractivity contribution in [2.75, 3.05) is 19.5 Å². The Balaban J connectivity index is 2.17. The maximum absolute atomic E-state index is 12.2. The smallest absolute Gasteiger partial charge is 0.256 e. The Labute approximate surface area is 150 Å². The highest BCUT2D eigenvalue weighted by Gasteiger charge is 2.24. The van der Waals surface area contributed by atoms with Crippen molar-refractivity contribution in [3.05, 3.63) is 50.4 Å². The van der Waals surface area contributed by atoms with Crippen molar-refractivity contribution in [2.24, 2.45) is 0 Å². The van der Waals surface area contributed by atoms with E-state index in [1.807, 2.05) is 36.4 Å². The molecule has 2 aromatic rings. The van der Waals surface area contributed by atoms with Crippen molar-refractivity contribution < 1.29 is 14.3 Å². The third kappa shape index (κ3) is 2.77. The van der Waals surface area contributed by atoms with E-state index in [1.165, 1.54) is 0 Å². The molecule has 4 nitrogen and oxygen atoms in total. The minimum atomic E-state index is -0.121. The normalized spacial score (nSPS) is 14.6. The average Bonchev–Trinajstić information content (AvgIpc) is 2.87. The molecule has 3 rings (SSSR count). The Morgan fingerprint density at radius 2 is 1.83 bits per heavy atom. The fourth-order valence-electron chi connectivity index (χ4n) is 2.49. The molecule has 0 aromatic heterocycles. The number of hydrogen-bond donors (Lipinski definition) is 1. The van der Waals surface area contributed by atoms with Crippen LogP contribution in [0.3, 0.4) is 0 Å². The SMILES string of the molecule is COc1cc(/C=C2/C(=O)Nc3ccccc32)c(Br)c(Br)c1OC. The van der Waals surface area contributed by atoms with E-state index in [0.717, 1.165) is 25.8 Å². The Morgan fingerprint density at radius 1 is 1.09 bits per heavy atom. The van der Waals surface area contributed by atoms with Crippen LogP contribution in [0.1, 0.15) is 11.1 Å². The fourth-order valence-corrected chi connectivity index (χ4v) is 3.48. The number of benzene rings is 2. The van der Waals surface area contributed by atoms with Crippen LogP contribution in [0.15, 0.2) is 39.3 Å². The number of amides is 1. The molecule has 0 aliphatic carbocycles. The molecule has 1 aliphatic rings. The zero-order chi connectivity index (χ0) is 16.6. The zero-order valence-corrected chi connectivity index (χ0v) is 15.6. The van der Waals surface area contributed by atoms with Gasteiger partial charge in [-0.2, -0.15) is 0 Å². The van der Waals surface area contributed by atoms with Crippen LogP contribution in [0.4, 0.5) is 5.69 Å². The van der Waals surface area contributed by atoms with E-state index in [2.05, 4.69) is 37.2 Å². The second-order valence-corrected chi connectivity index (χ2v) is 6.47. The van der Waals surface area contributed by atoms with Crippen LogP contribution in [-0.4, -0.2) is 20.1 Å². The first-order chi connectivity index (χ1) is 11.1. The first-order valence-electron chi connectivity index (χ1n) is 6.79. The Bertz CT molecular complexity index is 831. The number of hydrogen-bond acceptors (Lipinski definition) is 3. The summed E-state index contributed by atoms with van der Waals surface area (Å²) in [4.78, 5) is 12.2. The Hall–Kier alpha value is -1.79. The van der Waals surface area contributed by atoms with Crippen LogP contribution >= 0.6 is 31.9 Å². The van der Waals surface area contributed by atoms with Crippen LogP contribution in [0.5, 0.6) is 11.5 Å². The Kier molecular flexibility index (Phi) is 4.46. The highest BCUT2D eigenvalue weighted by Crippen LogP contribution is 2.44. The number of ether oxygens (including phenoxy) is 2. The summed E-state index contributed by atoms with van der Waals surface area (Å²) in [6, 6.07) is 9.43. The van der Waals surface area contributed by atoms with E-state index >= 15 is 0 Å². The fraction of sp³-hybridized carbons (Fsp3) is 0.118. The number of para-hydroxylation sites is 1. The molecule has 2 aromatic carbocycles. The lowest BCUT2D eigenvalue weighted by Crippen LogP contribution is -2.03. The van der Waals surface area contributed by atoms with Gasteiger partial charge in [0, 0.05) is 21.3 Å². The highest BCUT2D eigenvalue weighted by atomic mass is 79.9. The summed E-state index contributed by atoms with van der Waals surface area (Å²) in [6.07, 6.45) is 1.83. The minimum absolute atomic E-state index is 0.121. The molecule has 1 amide bonds. The van der Waals surface area contributed by atoms with Crippen molar-refractivity contribution in [1.82, 2.24) is 0 Å².